The number of hydrogen-bond acceptors (Lipinski definition) is 2. The van der Waals surface area contributed by atoms with Crippen molar-refractivity contribution < 1.29 is 8.60 Å². The van der Waals surface area contributed by atoms with Crippen molar-refractivity contribution in [1.82, 2.24) is 0 Å². The van der Waals surface area contributed by atoms with Crippen molar-refractivity contribution in [3.05, 3.63) is 50.9 Å². The molecule has 0 saturated carbocycles. The summed E-state index contributed by atoms with van der Waals surface area (Å²) in [5.41, 5.74) is 0. The van der Waals surface area contributed by atoms with E-state index < -0.39 is 10.8 Å². The molecule has 0 aliphatic carbocycles. The van der Waals surface area contributed by atoms with Gasteiger partial charge in [0.2, 0.25) is 0 Å². The normalized spacial score (nSPS) is 12.6. The Labute approximate surface area is 108 Å². The molecule has 84 valence electrons. The molecular weight excluding hydrogens is 311 g/mol. The molecule has 1 heterocycles. The van der Waals surface area contributed by atoms with E-state index in [4.69, 9.17) is 0 Å². The first-order valence-electron chi connectivity index (χ1n) is 4.52. The molecule has 0 aliphatic rings. The largest absolute Gasteiger partial charge is 0.254 e. The molecule has 1 atom stereocenters. The summed E-state index contributed by atoms with van der Waals surface area (Å²) in [5.74, 6) is 0.0675. The van der Waals surface area contributed by atoms with Crippen LogP contribution in [0.4, 0.5) is 4.39 Å². The Morgan fingerprint density at radius 3 is 2.81 bits per heavy atom. The van der Waals surface area contributed by atoms with Gasteiger partial charge in [-0.15, -0.1) is 11.3 Å². The lowest BCUT2D eigenvalue weighted by Crippen LogP contribution is -1.95. The van der Waals surface area contributed by atoms with Gasteiger partial charge in [0, 0.05) is 14.2 Å². The highest BCUT2D eigenvalue weighted by molar-refractivity contribution is 9.10. The van der Waals surface area contributed by atoms with Crippen LogP contribution in [0, 0.1) is 5.82 Å². The maximum Gasteiger partial charge on any atom is 0.124 e. The highest BCUT2D eigenvalue weighted by Gasteiger charge is 2.09. The monoisotopic (exact) mass is 318 g/mol. The predicted molar refractivity (Wildman–Crippen MR) is 68.5 cm³/mol. The molecular formula is C11H8BrFOS2. The van der Waals surface area contributed by atoms with Crippen LogP contribution in [0.15, 0.2) is 45.1 Å². The summed E-state index contributed by atoms with van der Waals surface area (Å²) in [6.45, 7) is 0. The Kier molecular flexibility index (Phi) is 3.89. The Balaban J connectivity index is 2.18. The minimum atomic E-state index is -1.19. The second-order valence-corrected chi connectivity index (χ2v) is 6.45. The van der Waals surface area contributed by atoms with Gasteiger partial charge in [-0.3, -0.25) is 4.21 Å². The van der Waals surface area contributed by atoms with Crippen molar-refractivity contribution in [3.63, 3.8) is 0 Å². The summed E-state index contributed by atoms with van der Waals surface area (Å²) in [4.78, 5) is 1.54. The smallest absolute Gasteiger partial charge is 0.124 e. The summed E-state index contributed by atoms with van der Waals surface area (Å²) in [6, 6.07) is 7.84. The van der Waals surface area contributed by atoms with E-state index in [0.29, 0.717) is 10.6 Å². The van der Waals surface area contributed by atoms with Gasteiger partial charge in [-0.2, -0.15) is 0 Å². The molecule has 0 radical (unpaired) electrons. The quantitative estimate of drug-likeness (QED) is 0.837. The van der Waals surface area contributed by atoms with Crippen LogP contribution < -0.4 is 0 Å². The van der Waals surface area contributed by atoms with Gasteiger partial charge in [0.05, 0.1) is 16.6 Å². The lowest BCUT2D eigenvalue weighted by molar-refractivity contribution is 0.622. The molecule has 1 unspecified atom stereocenters. The zero-order valence-electron chi connectivity index (χ0n) is 8.15. The van der Waals surface area contributed by atoms with Crippen LogP contribution in [0.2, 0.25) is 0 Å². The number of hydrogen-bond donors (Lipinski definition) is 0. The Morgan fingerprint density at radius 1 is 1.38 bits per heavy atom. The van der Waals surface area contributed by atoms with Gasteiger partial charge in [0.25, 0.3) is 0 Å². The standard InChI is InChI=1S/C11H8BrFOS2/c12-10-4-5-15-11(10)7-16(14)9-3-1-2-8(13)6-9/h1-6H,7H2. The second-order valence-electron chi connectivity index (χ2n) is 3.14. The van der Waals surface area contributed by atoms with Crippen molar-refractivity contribution in [2.45, 2.75) is 10.6 Å². The van der Waals surface area contributed by atoms with E-state index in [0.717, 1.165) is 9.35 Å². The number of benzene rings is 1. The first kappa shape index (κ1) is 12.0. The van der Waals surface area contributed by atoms with Crippen molar-refractivity contribution in [1.29, 1.82) is 0 Å². The molecule has 16 heavy (non-hydrogen) atoms. The van der Waals surface area contributed by atoms with Crippen molar-refractivity contribution in [2.24, 2.45) is 0 Å². The first-order chi connectivity index (χ1) is 7.66. The molecule has 0 N–H and O–H groups in total. The zero-order valence-corrected chi connectivity index (χ0v) is 11.4. The molecule has 1 aromatic heterocycles. The zero-order chi connectivity index (χ0) is 11.5. The molecule has 1 aromatic carbocycles. The van der Waals surface area contributed by atoms with Gasteiger partial charge in [0.1, 0.15) is 5.82 Å². The van der Waals surface area contributed by atoms with E-state index in [1.165, 1.54) is 12.1 Å². The summed E-state index contributed by atoms with van der Waals surface area (Å²) in [7, 11) is -1.19. The van der Waals surface area contributed by atoms with E-state index in [1.807, 2.05) is 11.4 Å². The van der Waals surface area contributed by atoms with Crippen LogP contribution in [0.3, 0.4) is 0 Å². The second kappa shape index (κ2) is 5.21. The van der Waals surface area contributed by atoms with Gasteiger partial charge in [-0.05, 0) is 45.6 Å². The first-order valence-corrected chi connectivity index (χ1v) is 7.52. The Hall–Kier alpha value is -0.520. The maximum absolute atomic E-state index is 12.9. The molecule has 0 amide bonds. The molecule has 2 rings (SSSR count). The van der Waals surface area contributed by atoms with Gasteiger partial charge in [-0.25, -0.2) is 4.39 Å². The fraction of sp³-hybridized carbons (Fsp3) is 0.0909. The molecule has 0 spiro atoms. The van der Waals surface area contributed by atoms with Crippen molar-refractivity contribution in [3.8, 4) is 0 Å². The molecule has 1 nitrogen and oxygen atoms in total. The third kappa shape index (κ3) is 2.78. The van der Waals surface area contributed by atoms with Gasteiger partial charge in [0.15, 0.2) is 0 Å². The number of halogens is 2. The minimum Gasteiger partial charge on any atom is -0.254 e. The van der Waals surface area contributed by atoms with Gasteiger partial charge >= 0.3 is 0 Å². The fourth-order valence-electron chi connectivity index (χ4n) is 1.24. The van der Waals surface area contributed by atoms with Crippen LogP contribution in [0.1, 0.15) is 4.88 Å². The molecule has 0 fully saturated rings. The average Bonchev–Trinajstić information content (AvgIpc) is 2.64. The molecule has 5 heteroatoms. The molecule has 0 aliphatic heterocycles. The molecule has 0 saturated heterocycles. The van der Waals surface area contributed by atoms with Crippen molar-refractivity contribution >= 4 is 38.1 Å². The average molecular weight is 319 g/mol. The topological polar surface area (TPSA) is 17.1 Å². The maximum atomic E-state index is 12.9. The third-order valence-electron chi connectivity index (χ3n) is 2.01. The summed E-state index contributed by atoms with van der Waals surface area (Å²) in [6.07, 6.45) is 0. The predicted octanol–water partition coefficient (Wildman–Crippen LogP) is 3.96. The summed E-state index contributed by atoms with van der Waals surface area (Å²) in [5, 5.41) is 1.93. The number of rotatable bonds is 3. The highest BCUT2D eigenvalue weighted by Crippen LogP contribution is 2.25. The SMILES string of the molecule is O=S(Cc1sccc1Br)c1cccc(F)c1. The lowest BCUT2D eigenvalue weighted by Gasteiger charge is -2.01. The highest BCUT2D eigenvalue weighted by atomic mass is 79.9. The van der Waals surface area contributed by atoms with E-state index in [-0.39, 0.29) is 5.82 Å². The van der Waals surface area contributed by atoms with E-state index >= 15 is 0 Å². The van der Waals surface area contributed by atoms with Gasteiger partial charge < -0.3 is 0 Å². The minimum absolute atomic E-state index is 0.351. The molecule has 0 bridgehead atoms. The van der Waals surface area contributed by atoms with E-state index in [9.17, 15) is 8.60 Å². The van der Waals surface area contributed by atoms with Crippen LogP contribution in [-0.4, -0.2) is 4.21 Å². The van der Waals surface area contributed by atoms with Crippen molar-refractivity contribution in [2.75, 3.05) is 0 Å². The lowest BCUT2D eigenvalue weighted by atomic mass is 10.4. The van der Waals surface area contributed by atoms with Gasteiger partial charge in [-0.1, -0.05) is 6.07 Å². The third-order valence-corrected chi connectivity index (χ3v) is 5.45. The molecule has 2 aromatic rings. The van der Waals surface area contributed by atoms with Crippen LogP contribution in [-0.2, 0) is 16.6 Å². The van der Waals surface area contributed by atoms with Crippen LogP contribution >= 0.6 is 27.3 Å². The number of thiophene rings is 1. The summed E-state index contributed by atoms with van der Waals surface area (Å²) >= 11 is 4.93. The fourth-order valence-corrected chi connectivity index (χ4v) is 4.33. The van der Waals surface area contributed by atoms with Crippen LogP contribution in [0.25, 0.3) is 0 Å². The van der Waals surface area contributed by atoms with E-state index in [1.54, 1.807) is 23.5 Å². The summed E-state index contributed by atoms with van der Waals surface area (Å²) < 4.78 is 25.9. The Bertz CT molecular complexity index is 524. The van der Waals surface area contributed by atoms with Crippen LogP contribution in [0.5, 0.6) is 0 Å². The van der Waals surface area contributed by atoms with E-state index in [2.05, 4.69) is 15.9 Å². The Morgan fingerprint density at radius 2 is 2.19 bits per heavy atom.